The van der Waals surface area contributed by atoms with Gasteiger partial charge in [0.15, 0.2) is 19.7 Å². The molecule has 0 aliphatic heterocycles. The van der Waals surface area contributed by atoms with Gasteiger partial charge in [0.05, 0.1) is 35.4 Å². The molecule has 0 unspecified atom stereocenters. The van der Waals surface area contributed by atoms with E-state index >= 15 is 0 Å². The Labute approximate surface area is 162 Å². The van der Waals surface area contributed by atoms with Crippen molar-refractivity contribution in [3.63, 3.8) is 0 Å². The molecule has 1 rings (SSSR count). The smallest absolute Gasteiger partial charge is 0.397 e. The summed E-state index contributed by atoms with van der Waals surface area (Å²) in [6.07, 6.45) is 0. The Hall–Kier alpha value is -1.34. The zero-order chi connectivity index (χ0) is 21.8. The number of nitrogen functional groups attached to an aromatic ring is 1. The molecule has 0 spiro atoms. The van der Waals surface area contributed by atoms with Gasteiger partial charge in [0, 0.05) is 5.69 Å². The maximum absolute atomic E-state index is 12.4. The molecule has 4 N–H and O–H groups in total. The van der Waals surface area contributed by atoms with Crippen molar-refractivity contribution in [2.75, 3.05) is 30.5 Å². The number of benzene rings is 1. The largest absolute Gasteiger partial charge is 0.399 e. The van der Waals surface area contributed by atoms with E-state index in [0.717, 1.165) is 12.1 Å². The Morgan fingerprint density at radius 1 is 0.821 bits per heavy atom. The summed E-state index contributed by atoms with van der Waals surface area (Å²) in [6.45, 7) is -1.81. The van der Waals surface area contributed by atoms with E-state index in [4.69, 9.17) is 14.8 Å². The molecule has 0 aliphatic carbocycles. The van der Waals surface area contributed by atoms with Crippen molar-refractivity contribution in [1.82, 2.24) is 0 Å². The molecular formula is C11H17NO12S4. The monoisotopic (exact) mass is 483 g/mol. The fourth-order valence-corrected chi connectivity index (χ4v) is 5.36. The van der Waals surface area contributed by atoms with E-state index in [0.29, 0.717) is 0 Å². The van der Waals surface area contributed by atoms with Gasteiger partial charge in [-0.2, -0.15) is 16.8 Å². The minimum atomic E-state index is -4.86. The van der Waals surface area contributed by atoms with Gasteiger partial charge in [0.2, 0.25) is 0 Å². The van der Waals surface area contributed by atoms with Gasteiger partial charge in [-0.05, 0) is 23.8 Å². The maximum Gasteiger partial charge on any atom is 0.397 e. The van der Waals surface area contributed by atoms with Crippen molar-refractivity contribution in [1.29, 1.82) is 0 Å². The SMILES string of the molecule is Nc1ccc(S(=O)(=O)CCOS(=O)(=O)O)c(CS(=O)(=O)CCOS(=O)(=O)O)c1. The minimum Gasteiger partial charge on any atom is -0.399 e. The molecule has 0 bridgehead atoms. The molecule has 162 valence electrons. The van der Waals surface area contributed by atoms with Crippen molar-refractivity contribution in [2.45, 2.75) is 10.6 Å². The topological polar surface area (TPSA) is 221 Å². The van der Waals surface area contributed by atoms with Gasteiger partial charge in [-0.3, -0.25) is 9.11 Å². The minimum absolute atomic E-state index is 0.0347. The first-order chi connectivity index (χ1) is 12.5. The summed E-state index contributed by atoms with van der Waals surface area (Å²) in [5, 5.41) is 0. The number of nitrogens with two attached hydrogens (primary N) is 1. The van der Waals surface area contributed by atoms with Gasteiger partial charge in [0.1, 0.15) is 0 Å². The van der Waals surface area contributed by atoms with Gasteiger partial charge in [0.25, 0.3) is 0 Å². The predicted octanol–water partition coefficient (Wildman–Crippen LogP) is -1.40. The Bertz CT molecular complexity index is 1120. The molecule has 0 heterocycles. The van der Waals surface area contributed by atoms with Crippen molar-refractivity contribution in [3.05, 3.63) is 23.8 Å². The van der Waals surface area contributed by atoms with E-state index in [-0.39, 0.29) is 11.3 Å². The zero-order valence-corrected chi connectivity index (χ0v) is 17.2. The van der Waals surface area contributed by atoms with E-state index in [1.54, 1.807) is 0 Å². The molecule has 1 aromatic rings. The summed E-state index contributed by atoms with van der Waals surface area (Å²) >= 11 is 0. The van der Waals surface area contributed by atoms with Crippen LogP contribution in [0.15, 0.2) is 23.1 Å². The van der Waals surface area contributed by atoms with Gasteiger partial charge < -0.3 is 5.73 Å². The maximum atomic E-state index is 12.4. The van der Waals surface area contributed by atoms with Crippen LogP contribution in [0.2, 0.25) is 0 Å². The summed E-state index contributed by atoms with van der Waals surface area (Å²) in [7, 11) is -18.0. The first-order valence-corrected chi connectivity index (χ1v) is 13.3. The van der Waals surface area contributed by atoms with E-state index in [1.807, 2.05) is 0 Å². The standard InChI is InChI=1S/C11H17NO12S4/c12-10-1-2-11(26(15,16)6-4-24-28(20,21)22)9(7-10)8-25(13,14)5-3-23-27(17,18)19/h1-2,7H,3-6,8,12H2,(H,17,18,19)(H,20,21,22). The van der Waals surface area contributed by atoms with Crippen LogP contribution in [0.3, 0.4) is 0 Å². The summed E-state index contributed by atoms with van der Waals surface area (Å²) in [5.74, 6) is -2.61. The van der Waals surface area contributed by atoms with Crippen LogP contribution in [0.5, 0.6) is 0 Å². The van der Waals surface area contributed by atoms with E-state index in [1.165, 1.54) is 6.07 Å². The lowest BCUT2D eigenvalue weighted by Gasteiger charge is -2.12. The summed E-state index contributed by atoms with van der Waals surface area (Å²) < 4.78 is 116. The van der Waals surface area contributed by atoms with Crippen molar-refractivity contribution in [2.24, 2.45) is 0 Å². The van der Waals surface area contributed by atoms with E-state index in [2.05, 4.69) is 8.37 Å². The molecule has 0 fully saturated rings. The molecule has 0 aliphatic rings. The van der Waals surface area contributed by atoms with E-state index in [9.17, 15) is 33.7 Å². The molecule has 0 aromatic heterocycles. The predicted molar refractivity (Wildman–Crippen MR) is 95.4 cm³/mol. The van der Waals surface area contributed by atoms with Gasteiger partial charge in [-0.15, -0.1) is 0 Å². The molecule has 0 radical (unpaired) electrons. The van der Waals surface area contributed by atoms with Crippen LogP contribution in [0.1, 0.15) is 5.56 Å². The van der Waals surface area contributed by atoms with Crippen LogP contribution in [0.4, 0.5) is 5.69 Å². The second kappa shape index (κ2) is 8.99. The Morgan fingerprint density at radius 3 is 1.82 bits per heavy atom. The summed E-state index contributed by atoms with van der Waals surface area (Å²) in [6, 6.07) is 3.25. The second-order valence-corrected chi connectivity index (χ2v) is 11.7. The first-order valence-electron chi connectivity index (χ1n) is 7.06. The highest BCUT2D eigenvalue weighted by molar-refractivity contribution is 7.92. The third-order valence-electron chi connectivity index (χ3n) is 3.01. The van der Waals surface area contributed by atoms with Crippen molar-refractivity contribution in [3.8, 4) is 0 Å². The van der Waals surface area contributed by atoms with Crippen LogP contribution >= 0.6 is 0 Å². The fraction of sp³-hybridized carbons (Fsp3) is 0.455. The first kappa shape index (κ1) is 24.7. The number of sulfone groups is 2. The van der Waals surface area contributed by atoms with Gasteiger partial charge >= 0.3 is 20.8 Å². The average molecular weight is 484 g/mol. The molecular weight excluding hydrogens is 466 g/mol. The van der Waals surface area contributed by atoms with Gasteiger partial charge in [-0.1, -0.05) is 0 Å². The highest BCUT2D eigenvalue weighted by Gasteiger charge is 2.24. The van der Waals surface area contributed by atoms with Crippen LogP contribution in [-0.4, -0.2) is 67.5 Å². The summed E-state index contributed by atoms with van der Waals surface area (Å²) in [4.78, 5) is -0.472. The molecule has 1 aromatic carbocycles. The van der Waals surface area contributed by atoms with E-state index < -0.39 is 75.8 Å². The number of hydrogen-bond acceptors (Lipinski definition) is 11. The molecule has 0 amide bonds. The third-order valence-corrected chi connectivity index (χ3v) is 7.25. The van der Waals surface area contributed by atoms with Crippen LogP contribution in [-0.2, 0) is 54.6 Å². The fourth-order valence-electron chi connectivity index (χ4n) is 1.95. The van der Waals surface area contributed by atoms with Crippen molar-refractivity contribution >= 4 is 46.2 Å². The number of hydrogen-bond donors (Lipinski definition) is 3. The quantitative estimate of drug-likeness (QED) is 0.243. The Kier molecular flexibility index (Phi) is 7.93. The lowest BCUT2D eigenvalue weighted by atomic mass is 10.2. The Balaban J connectivity index is 3.06. The zero-order valence-electron chi connectivity index (χ0n) is 14.0. The third kappa shape index (κ3) is 9.24. The lowest BCUT2D eigenvalue weighted by molar-refractivity contribution is 0.282. The highest BCUT2D eigenvalue weighted by atomic mass is 32.3. The van der Waals surface area contributed by atoms with Crippen LogP contribution < -0.4 is 5.73 Å². The highest BCUT2D eigenvalue weighted by Crippen LogP contribution is 2.23. The molecule has 0 atom stereocenters. The summed E-state index contributed by atoms with van der Waals surface area (Å²) in [5.41, 5.74) is 5.32. The normalized spacial score (nSPS) is 13.5. The molecule has 17 heteroatoms. The van der Waals surface area contributed by atoms with Crippen LogP contribution in [0.25, 0.3) is 0 Å². The molecule has 0 saturated heterocycles. The van der Waals surface area contributed by atoms with Crippen molar-refractivity contribution < 1.29 is 51.1 Å². The van der Waals surface area contributed by atoms with Gasteiger partial charge in [-0.25, -0.2) is 25.2 Å². The Morgan fingerprint density at radius 2 is 1.32 bits per heavy atom. The molecule has 28 heavy (non-hydrogen) atoms. The number of anilines is 1. The second-order valence-electron chi connectivity index (χ2n) is 5.28. The lowest BCUT2D eigenvalue weighted by Crippen LogP contribution is -2.20. The molecule has 0 saturated carbocycles. The average Bonchev–Trinajstić information content (AvgIpc) is 2.42. The number of rotatable bonds is 11. The van der Waals surface area contributed by atoms with Crippen LogP contribution in [0, 0.1) is 0 Å². The molecule has 13 nitrogen and oxygen atoms in total.